The van der Waals surface area contributed by atoms with Gasteiger partial charge >= 0.3 is 0 Å². The molecule has 2 aromatic heterocycles. The van der Waals surface area contributed by atoms with Crippen LogP contribution in [0.5, 0.6) is 0 Å². The standard InChI is InChI=1S/C66H47NO2/c1-62(2,3)30-64-31-63(4,5)49-24-14-19-32(55(49)64)38-26-41-37-25-39-42(60(68)57-35-17-8-12-22-47(35)65(57)45-20-10-6-15-33(45)53(39)65)28-50(37)67-51-29-43-40(27-44(51)52(56(38)64)59(41)67)54-34-16-7-11-21-46(34)66(54)48-23-13-9-18-36(48)58(66)61(43)69/h6-29,53-54,57-58H,30-31H2,1-5H3. The largest absolute Gasteiger partial charge is 0.308 e. The van der Waals surface area contributed by atoms with Crippen LogP contribution in [0.15, 0.2) is 146 Å². The van der Waals surface area contributed by atoms with Crippen molar-refractivity contribution < 1.29 is 9.59 Å². The number of fused-ring (bicyclic) bond motifs is 22. The third-order valence-corrected chi connectivity index (χ3v) is 19.9. The van der Waals surface area contributed by atoms with Gasteiger partial charge in [0.2, 0.25) is 0 Å². The highest BCUT2D eigenvalue weighted by Crippen LogP contribution is 2.76. The molecule has 328 valence electrons. The van der Waals surface area contributed by atoms with E-state index in [9.17, 15) is 0 Å². The third kappa shape index (κ3) is 3.52. The van der Waals surface area contributed by atoms with Gasteiger partial charge in [0.25, 0.3) is 0 Å². The highest BCUT2D eigenvalue weighted by molar-refractivity contribution is 6.29. The molecule has 18 rings (SSSR count). The molecule has 8 aromatic carbocycles. The normalized spacial score (nSPS) is 27.8. The fraction of sp³-hybridized carbons (Fsp3) is 0.242. The number of carbonyl (C=O) groups is 2. The molecule has 0 N–H and O–H groups in total. The van der Waals surface area contributed by atoms with Gasteiger partial charge in [-0.05, 0) is 137 Å². The molecular weight excluding hydrogens is 839 g/mol. The van der Waals surface area contributed by atoms with Crippen LogP contribution in [0.3, 0.4) is 0 Å². The third-order valence-electron chi connectivity index (χ3n) is 19.9. The predicted molar refractivity (Wildman–Crippen MR) is 274 cm³/mol. The number of rotatable bonds is 1. The number of hydrogen-bond donors (Lipinski definition) is 0. The van der Waals surface area contributed by atoms with Gasteiger partial charge in [-0.2, -0.15) is 0 Å². The number of ketones is 2. The van der Waals surface area contributed by atoms with Crippen LogP contribution in [0.2, 0.25) is 0 Å². The number of nitrogens with zero attached hydrogens (tertiary/aromatic N) is 1. The van der Waals surface area contributed by atoms with Gasteiger partial charge in [0.05, 0.1) is 28.4 Å². The number of aromatic nitrogens is 1. The first kappa shape index (κ1) is 36.9. The first-order valence-electron chi connectivity index (χ1n) is 25.4. The summed E-state index contributed by atoms with van der Waals surface area (Å²) in [6.07, 6.45) is 2.07. The maximum Gasteiger partial charge on any atom is 0.171 e. The molecule has 2 heterocycles. The second kappa shape index (κ2) is 10.9. The molecule has 7 atom stereocenters. The Morgan fingerprint density at radius 3 is 1.49 bits per heavy atom. The van der Waals surface area contributed by atoms with Crippen LogP contribution in [0.25, 0.3) is 49.2 Å². The van der Waals surface area contributed by atoms with Gasteiger partial charge in [0.15, 0.2) is 11.6 Å². The first-order chi connectivity index (χ1) is 33.4. The van der Waals surface area contributed by atoms with Crippen molar-refractivity contribution in [2.75, 3.05) is 0 Å². The van der Waals surface area contributed by atoms with Crippen molar-refractivity contribution in [3.8, 4) is 11.1 Å². The van der Waals surface area contributed by atoms with Gasteiger partial charge in [-0.1, -0.05) is 150 Å². The van der Waals surface area contributed by atoms with E-state index < -0.39 is 0 Å². The molecule has 8 aliphatic carbocycles. The van der Waals surface area contributed by atoms with Crippen LogP contribution in [-0.2, 0) is 21.7 Å². The second-order valence-electron chi connectivity index (χ2n) is 24.5. The van der Waals surface area contributed by atoms with Crippen LogP contribution in [0.4, 0.5) is 0 Å². The Morgan fingerprint density at radius 1 is 0.478 bits per heavy atom. The molecule has 0 radical (unpaired) electrons. The van der Waals surface area contributed by atoms with Crippen molar-refractivity contribution >= 4 is 49.7 Å². The maximum absolute atomic E-state index is 15.6. The minimum atomic E-state index is -0.344. The van der Waals surface area contributed by atoms with E-state index in [-0.39, 0.29) is 62.3 Å². The van der Waals surface area contributed by atoms with E-state index in [2.05, 4.69) is 185 Å². The molecule has 8 aliphatic rings. The molecule has 0 saturated carbocycles. The molecule has 2 spiro atoms. The van der Waals surface area contributed by atoms with E-state index in [1.54, 1.807) is 0 Å². The van der Waals surface area contributed by atoms with Crippen molar-refractivity contribution in [3.63, 3.8) is 0 Å². The first-order valence-corrected chi connectivity index (χ1v) is 25.4. The van der Waals surface area contributed by atoms with Gasteiger partial charge in [-0.3, -0.25) is 9.59 Å². The Labute approximate surface area is 400 Å². The molecule has 0 fully saturated rings. The topological polar surface area (TPSA) is 38.5 Å². The summed E-state index contributed by atoms with van der Waals surface area (Å²) >= 11 is 0. The lowest BCUT2D eigenvalue weighted by atomic mass is 9.36. The number of hydrogen-bond acceptors (Lipinski definition) is 2. The molecule has 10 aromatic rings. The second-order valence-corrected chi connectivity index (χ2v) is 24.5. The van der Waals surface area contributed by atoms with E-state index in [0.29, 0.717) is 0 Å². The van der Waals surface area contributed by atoms with E-state index in [1.165, 1.54) is 105 Å². The van der Waals surface area contributed by atoms with E-state index in [0.717, 1.165) is 40.6 Å². The van der Waals surface area contributed by atoms with E-state index in [4.69, 9.17) is 0 Å². The summed E-state index contributed by atoms with van der Waals surface area (Å²) in [5.74, 6) is 0.248. The molecular formula is C66H47NO2. The fourth-order valence-electron chi connectivity index (χ4n) is 18.4. The minimum absolute atomic E-state index is 0.00755. The molecule has 0 amide bonds. The summed E-state index contributed by atoms with van der Waals surface area (Å²) in [4.78, 5) is 31.1. The van der Waals surface area contributed by atoms with Crippen LogP contribution in [0, 0.1) is 5.41 Å². The zero-order valence-corrected chi connectivity index (χ0v) is 39.3. The Hall–Kier alpha value is -7.10. The Balaban J connectivity index is 1.00. The van der Waals surface area contributed by atoms with E-state index in [1.807, 2.05) is 0 Å². The zero-order chi connectivity index (χ0) is 45.8. The number of carbonyl (C=O) groups excluding carboxylic acids is 2. The summed E-state index contributed by atoms with van der Waals surface area (Å²) in [7, 11) is 0. The van der Waals surface area contributed by atoms with Crippen molar-refractivity contribution in [2.24, 2.45) is 5.41 Å². The highest BCUT2D eigenvalue weighted by Gasteiger charge is 2.71. The van der Waals surface area contributed by atoms with Crippen molar-refractivity contribution in [3.05, 3.63) is 229 Å². The average Bonchev–Trinajstić information content (AvgIpc) is 3.97. The maximum atomic E-state index is 15.6. The average molecular weight is 886 g/mol. The van der Waals surface area contributed by atoms with E-state index >= 15 is 9.59 Å². The van der Waals surface area contributed by atoms with Crippen molar-refractivity contribution in [2.45, 2.75) is 92.8 Å². The van der Waals surface area contributed by atoms with Gasteiger partial charge in [-0.15, -0.1) is 0 Å². The molecule has 3 heteroatoms. The molecule has 0 bridgehead atoms. The minimum Gasteiger partial charge on any atom is -0.308 e. The van der Waals surface area contributed by atoms with Crippen LogP contribution in [0.1, 0.15) is 164 Å². The lowest BCUT2D eigenvalue weighted by molar-refractivity contribution is 0.0839. The fourth-order valence-corrected chi connectivity index (χ4v) is 18.4. The smallest absolute Gasteiger partial charge is 0.171 e. The van der Waals surface area contributed by atoms with Crippen molar-refractivity contribution in [1.29, 1.82) is 0 Å². The van der Waals surface area contributed by atoms with Crippen molar-refractivity contribution in [1.82, 2.24) is 4.40 Å². The van der Waals surface area contributed by atoms with Crippen LogP contribution >= 0.6 is 0 Å². The summed E-state index contributed by atoms with van der Waals surface area (Å²) in [5.41, 5.74) is 24.2. The molecule has 0 saturated heterocycles. The summed E-state index contributed by atoms with van der Waals surface area (Å²) in [6.45, 7) is 12.2. The number of Topliss-reactive ketones (excluding diaryl/α,β-unsaturated/α-hetero) is 2. The lowest BCUT2D eigenvalue weighted by Gasteiger charge is -2.64. The van der Waals surface area contributed by atoms with Crippen LogP contribution < -0.4 is 0 Å². The molecule has 69 heavy (non-hydrogen) atoms. The SMILES string of the molecule is CC(C)(C)CC12CC(C)(C)c3cccc(c31)-c1cc3c4cc5c(cc4n4c6cc7c(cc6c(c12)c34)C1c2ccccc2C12c1ccccc1C2C7=O)C(=O)C1c2ccccc2C12c1ccccc1C52. The highest BCUT2D eigenvalue weighted by atomic mass is 16.1. The quantitative estimate of drug-likeness (QED) is 0.165. The number of benzene rings is 8. The summed E-state index contributed by atoms with van der Waals surface area (Å²) < 4.78 is 2.52. The lowest BCUT2D eigenvalue weighted by Crippen LogP contribution is -2.61. The Morgan fingerprint density at radius 2 is 0.957 bits per heavy atom. The summed E-state index contributed by atoms with van der Waals surface area (Å²) in [5, 5.41) is 5.02. The van der Waals surface area contributed by atoms with Gasteiger partial charge in [-0.25, -0.2) is 0 Å². The Kier molecular flexibility index (Phi) is 5.80. The predicted octanol–water partition coefficient (Wildman–Crippen LogP) is 14.7. The van der Waals surface area contributed by atoms with Gasteiger partial charge < -0.3 is 4.40 Å². The molecule has 0 aliphatic heterocycles. The summed E-state index contributed by atoms with van der Waals surface area (Å²) in [6, 6.07) is 54.6. The molecule has 7 unspecified atom stereocenters. The van der Waals surface area contributed by atoms with Gasteiger partial charge in [0, 0.05) is 60.8 Å². The molecule has 3 nitrogen and oxygen atoms in total. The monoisotopic (exact) mass is 885 g/mol. The van der Waals surface area contributed by atoms with Gasteiger partial charge in [0.1, 0.15) is 0 Å². The zero-order valence-electron chi connectivity index (χ0n) is 39.3. The van der Waals surface area contributed by atoms with Crippen LogP contribution in [-0.4, -0.2) is 16.0 Å². The Bertz CT molecular complexity index is 4240.